The first-order chi connectivity index (χ1) is 11.6. The first-order valence-corrected chi connectivity index (χ1v) is 8.45. The van der Waals surface area contributed by atoms with E-state index in [2.05, 4.69) is 0 Å². The zero-order valence-electron chi connectivity index (χ0n) is 12.9. The highest BCUT2D eigenvalue weighted by atomic mass is 35.5. The average Bonchev–Trinajstić information content (AvgIpc) is 2.81. The van der Waals surface area contributed by atoms with Crippen LogP contribution in [0.3, 0.4) is 0 Å². The number of nitrogens with zero attached hydrogens (tertiary/aromatic N) is 2. The van der Waals surface area contributed by atoms with Gasteiger partial charge in [0.05, 0.1) is 15.4 Å². The number of nitro groups is 1. The normalized spacial score (nSPS) is 11.0. The van der Waals surface area contributed by atoms with Gasteiger partial charge in [0.1, 0.15) is 22.4 Å². The number of furan rings is 1. The molecule has 0 fully saturated rings. The second-order valence-electron chi connectivity index (χ2n) is 4.88. The highest BCUT2D eigenvalue weighted by Gasteiger charge is 2.26. The molecule has 25 heavy (non-hydrogen) atoms. The third kappa shape index (κ3) is 3.47. The molecular weight excluding hydrogens is 374 g/mol. The zero-order valence-corrected chi connectivity index (χ0v) is 14.4. The molecule has 2 rings (SSSR count). The summed E-state index contributed by atoms with van der Waals surface area (Å²) < 4.78 is 32.0. The number of aryl methyl sites for hydroxylation is 1. The highest BCUT2D eigenvalue weighted by molar-refractivity contribution is 7.92. The predicted octanol–water partition coefficient (Wildman–Crippen LogP) is 3.02. The Morgan fingerprint density at radius 1 is 1.44 bits per heavy atom. The number of nitriles is 1. The smallest absolute Gasteiger partial charge is 0.289 e. The fraction of sp³-hybridized carbons (Fsp3) is 0.143. The van der Waals surface area contributed by atoms with Gasteiger partial charge < -0.3 is 4.42 Å². The molecule has 0 aliphatic heterocycles. The van der Waals surface area contributed by atoms with Crippen molar-refractivity contribution >= 4 is 39.0 Å². The number of nitro benzene ring substituents is 1. The van der Waals surface area contributed by atoms with E-state index in [1.165, 1.54) is 13.8 Å². The predicted molar refractivity (Wildman–Crippen MR) is 87.1 cm³/mol. The number of carbonyl (C=O) groups is 1. The van der Waals surface area contributed by atoms with Crippen LogP contribution in [0.25, 0.3) is 0 Å². The molecule has 0 atom stereocenters. The van der Waals surface area contributed by atoms with Crippen molar-refractivity contribution < 1.29 is 22.6 Å². The summed E-state index contributed by atoms with van der Waals surface area (Å²) in [5, 5.41) is 19.8. The summed E-state index contributed by atoms with van der Waals surface area (Å²) in [7, 11) is -4.32. The molecule has 0 saturated carbocycles. The van der Waals surface area contributed by atoms with Gasteiger partial charge in [-0.15, -0.1) is 0 Å². The second-order valence-corrected chi connectivity index (χ2v) is 6.97. The molecule has 1 N–H and O–H groups in total. The van der Waals surface area contributed by atoms with Gasteiger partial charge in [0, 0.05) is 6.07 Å². The maximum atomic E-state index is 12.4. The summed E-state index contributed by atoms with van der Waals surface area (Å²) >= 11 is 5.65. The molecule has 1 aromatic heterocycles. The van der Waals surface area contributed by atoms with Gasteiger partial charge in [0.15, 0.2) is 5.78 Å². The van der Waals surface area contributed by atoms with Crippen molar-refractivity contribution in [1.29, 1.82) is 5.26 Å². The Morgan fingerprint density at radius 2 is 2.08 bits per heavy atom. The van der Waals surface area contributed by atoms with E-state index >= 15 is 0 Å². The highest BCUT2D eigenvalue weighted by Crippen LogP contribution is 2.31. The summed E-state index contributed by atoms with van der Waals surface area (Å²) in [6, 6.07) is 4.61. The topological polar surface area (TPSA) is 143 Å². The minimum Gasteiger partial charge on any atom is -0.443 e. The summed E-state index contributed by atoms with van der Waals surface area (Å²) in [5.41, 5.74) is -0.899. The standard InChI is InChI=1S/C14H10ClN3O6S/c1-7(19)13-8(2)24-14(10(13)6-16)17-25(22,23)9-3-4-11(15)12(5-9)18(20)21/h3-5,17H,1-2H3. The van der Waals surface area contributed by atoms with Crippen molar-refractivity contribution in [2.24, 2.45) is 0 Å². The van der Waals surface area contributed by atoms with Crippen molar-refractivity contribution in [1.82, 2.24) is 0 Å². The van der Waals surface area contributed by atoms with Crippen LogP contribution in [-0.2, 0) is 10.0 Å². The van der Waals surface area contributed by atoms with Crippen LogP contribution in [0.15, 0.2) is 27.5 Å². The quantitative estimate of drug-likeness (QED) is 0.474. The Balaban J connectivity index is 2.53. The van der Waals surface area contributed by atoms with Crippen LogP contribution in [0.2, 0.25) is 5.02 Å². The maximum absolute atomic E-state index is 12.4. The SMILES string of the molecule is CC(=O)c1c(C)oc(NS(=O)(=O)c2ccc(Cl)c([N+](=O)[O-])c2)c1C#N. The fourth-order valence-electron chi connectivity index (χ4n) is 2.13. The third-order valence-electron chi connectivity index (χ3n) is 3.20. The van der Waals surface area contributed by atoms with E-state index in [0.29, 0.717) is 0 Å². The van der Waals surface area contributed by atoms with Crippen LogP contribution >= 0.6 is 11.6 Å². The van der Waals surface area contributed by atoms with E-state index in [9.17, 15) is 28.6 Å². The molecule has 0 amide bonds. The molecule has 9 nitrogen and oxygen atoms in total. The van der Waals surface area contributed by atoms with E-state index in [1.54, 1.807) is 6.07 Å². The molecule has 11 heteroatoms. The lowest BCUT2D eigenvalue weighted by Gasteiger charge is -2.06. The van der Waals surface area contributed by atoms with Crippen LogP contribution in [0.5, 0.6) is 0 Å². The second kappa shape index (κ2) is 6.54. The number of hydrogen-bond acceptors (Lipinski definition) is 7. The Hall–Kier alpha value is -2.90. The van der Waals surface area contributed by atoms with E-state index in [1.807, 2.05) is 4.72 Å². The number of ketones is 1. The zero-order chi connectivity index (χ0) is 18.9. The molecule has 0 aliphatic carbocycles. The van der Waals surface area contributed by atoms with Crippen molar-refractivity contribution in [3.8, 4) is 6.07 Å². The van der Waals surface area contributed by atoms with E-state index in [4.69, 9.17) is 16.0 Å². The van der Waals surface area contributed by atoms with Gasteiger partial charge in [-0.3, -0.25) is 14.9 Å². The van der Waals surface area contributed by atoms with Crippen LogP contribution in [0.1, 0.15) is 28.6 Å². The number of rotatable bonds is 5. The summed E-state index contributed by atoms with van der Waals surface area (Å²) in [5.74, 6) is -0.836. The Morgan fingerprint density at radius 3 is 2.60 bits per heavy atom. The number of benzene rings is 1. The molecule has 0 bridgehead atoms. The van der Waals surface area contributed by atoms with Crippen molar-refractivity contribution in [2.45, 2.75) is 18.7 Å². The monoisotopic (exact) mass is 383 g/mol. The third-order valence-corrected chi connectivity index (χ3v) is 4.85. The van der Waals surface area contributed by atoms with E-state index in [0.717, 1.165) is 18.2 Å². The molecular formula is C14H10ClN3O6S. The average molecular weight is 384 g/mol. The summed E-state index contributed by atoms with van der Waals surface area (Å²) in [4.78, 5) is 21.2. The lowest BCUT2D eigenvalue weighted by molar-refractivity contribution is -0.384. The number of nitrogens with one attached hydrogen (secondary N) is 1. The first kappa shape index (κ1) is 18.4. The van der Waals surface area contributed by atoms with Gasteiger partial charge in [-0.1, -0.05) is 11.6 Å². The minimum absolute atomic E-state index is 0.0395. The fourth-order valence-corrected chi connectivity index (χ4v) is 3.33. The van der Waals surface area contributed by atoms with Crippen LogP contribution in [0, 0.1) is 28.4 Å². The van der Waals surface area contributed by atoms with E-state index < -0.39 is 37.2 Å². The van der Waals surface area contributed by atoms with Crippen molar-refractivity contribution in [3.63, 3.8) is 0 Å². The summed E-state index contributed by atoms with van der Waals surface area (Å²) in [6.07, 6.45) is 0. The molecule has 0 spiro atoms. The molecule has 0 aliphatic rings. The largest absolute Gasteiger partial charge is 0.443 e. The maximum Gasteiger partial charge on any atom is 0.289 e. The van der Waals surface area contributed by atoms with Gasteiger partial charge in [-0.25, -0.2) is 13.1 Å². The van der Waals surface area contributed by atoms with Gasteiger partial charge in [0.25, 0.3) is 15.7 Å². The van der Waals surface area contributed by atoms with Gasteiger partial charge in [-0.05, 0) is 26.0 Å². The van der Waals surface area contributed by atoms with Crippen LogP contribution < -0.4 is 4.72 Å². The van der Waals surface area contributed by atoms with Gasteiger partial charge >= 0.3 is 0 Å². The first-order valence-electron chi connectivity index (χ1n) is 6.59. The molecule has 1 heterocycles. The van der Waals surface area contributed by atoms with Crippen molar-refractivity contribution in [2.75, 3.05) is 4.72 Å². The Bertz CT molecular complexity index is 1040. The minimum atomic E-state index is -4.32. The van der Waals surface area contributed by atoms with Crippen LogP contribution in [0.4, 0.5) is 11.6 Å². The molecule has 130 valence electrons. The number of carbonyl (C=O) groups excluding carboxylic acids is 1. The Labute approximate surface area is 147 Å². The molecule has 2 aromatic rings. The Kier molecular flexibility index (Phi) is 4.82. The van der Waals surface area contributed by atoms with E-state index in [-0.39, 0.29) is 21.9 Å². The summed E-state index contributed by atoms with van der Waals surface area (Å²) in [6.45, 7) is 2.61. The van der Waals surface area contributed by atoms with Crippen molar-refractivity contribution in [3.05, 3.63) is 50.2 Å². The number of sulfonamides is 1. The molecule has 1 aromatic carbocycles. The molecule has 0 saturated heterocycles. The molecule has 0 radical (unpaired) electrons. The molecule has 0 unspecified atom stereocenters. The van der Waals surface area contributed by atoms with Crippen LogP contribution in [-0.4, -0.2) is 19.1 Å². The lowest BCUT2D eigenvalue weighted by atomic mass is 10.1. The number of hydrogen-bond donors (Lipinski definition) is 1. The number of Topliss-reactive ketones (excluding diaryl/α,β-unsaturated/α-hetero) is 1. The van der Waals surface area contributed by atoms with Gasteiger partial charge in [0.2, 0.25) is 5.88 Å². The lowest BCUT2D eigenvalue weighted by Crippen LogP contribution is -2.13. The number of halogens is 1. The van der Waals surface area contributed by atoms with Gasteiger partial charge in [-0.2, -0.15) is 5.26 Å². The number of anilines is 1.